The van der Waals surface area contributed by atoms with Gasteiger partial charge in [-0.05, 0) is 31.2 Å². The molecule has 0 fully saturated rings. The Morgan fingerprint density at radius 3 is 2.30 bits per heavy atom. The topological polar surface area (TPSA) is 92.8 Å². The smallest absolute Gasteiger partial charge is 0.339 e. The van der Waals surface area contributed by atoms with Crippen molar-refractivity contribution in [2.24, 2.45) is 0 Å². The van der Waals surface area contributed by atoms with Crippen LogP contribution in [0.15, 0.2) is 48.5 Å². The Bertz CT molecular complexity index is 962. The van der Waals surface area contributed by atoms with Gasteiger partial charge in [-0.15, -0.1) is 0 Å². The van der Waals surface area contributed by atoms with Gasteiger partial charge in [0.1, 0.15) is 11.9 Å². The first-order valence-corrected chi connectivity index (χ1v) is 9.73. The molecule has 0 heterocycles. The van der Waals surface area contributed by atoms with Crippen LogP contribution < -0.4 is 9.62 Å². The van der Waals surface area contributed by atoms with E-state index >= 15 is 0 Å². The number of carbonyl (C=O) groups is 2. The zero-order valence-corrected chi connectivity index (χ0v) is 15.8. The molecule has 0 aliphatic heterocycles. The number of ether oxygens (including phenoxy) is 1. The van der Waals surface area contributed by atoms with E-state index in [1.54, 1.807) is 12.1 Å². The standard InChI is InChI=1S/C18H19FN2O5S/c1-12(21(27(3,24)25)16-11-7-5-9-14(16)19)17(22)20-15-10-6-4-8-13(15)18(23)26-2/h4-12H,1-3H3,(H,20,22). The highest BCUT2D eigenvalue weighted by Gasteiger charge is 2.31. The Kier molecular flexibility index (Phi) is 6.17. The van der Waals surface area contributed by atoms with Crippen molar-refractivity contribution in [3.8, 4) is 0 Å². The fourth-order valence-electron chi connectivity index (χ4n) is 2.53. The van der Waals surface area contributed by atoms with Crippen molar-refractivity contribution in [1.29, 1.82) is 0 Å². The lowest BCUT2D eigenvalue weighted by Gasteiger charge is -2.28. The molecule has 0 saturated heterocycles. The Labute approximate surface area is 156 Å². The van der Waals surface area contributed by atoms with Gasteiger partial charge in [-0.2, -0.15) is 0 Å². The van der Waals surface area contributed by atoms with E-state index in [1.807, 2.05) is 0 Å². The van der Waals surface area contributed by atoms with Crippen molar-refractivity contribution in [3.05, 3.63) is 59.9 Å². The molecule has 9 heteroatoms. The molecule has 0 saturated carbocycles. The van der Waals surface area contributed by atoms with Gasteiger partial charge in [0.15, 0.2) is 0 Å². The van der Waals surface area contributed by atoms with Crippen LogP contribution in [0.4, 0.5) is 15.8 Å². The van der Waals surface area contributed by atoms with Gasteiger partial charge in [0.2, 0.25) is 15.9 Å². The van der Waals surface area contributed by atoms with Gasteiger partial charge in [-0.3, -0.25) is 9.10 Å². The molecule has 0 aromatic heterocycles. The van der Waals surface area contributed by atoms with Crippen molar-refractivity contribution in [1.82, 2.24) is 0 Å². The molecule has 1 atom stereocenters. The average Bonchev–Trinajstić information content (AvgIpc) is 2.62. The molecule has 1 N–H and O–H groups in total. The van der Waals surface area contributed by atoms with Gasteiger partial charge in [0, 0.05) is 0 Å². The van der Waals surface area contributed by atoms with E-state index in [-0.39, 0.29) is 16.9 Å². The molecule has 0 spiro atoms. The van der Waals surface area contributed by atoms with Gasteiger partial charge in [-0.25, -0.2) is 17.6 Å². The number of rotatable bonds is 6. The molecule has 0 radical (unpaired) electrons. The van der Waals surface area contributed by atoms with E-state index in [0.29, 0.717) is 4.31 Å². The fraction of sp³-hybridized carbons (Fsp3) is 0.222. The lowest BCUT2D eigenvalue weighted by atomic mass is 10.1. The Balaban J connectivity index is 2.38. The highest BCUT2D eigenvalue weighted by Crippen LogP contribution is 2.25. The minimum Gasteiger partial charge on any atom is -0.465 e. The minimum absolute atomic E-state index is 0.109. The monoisotopic (exact) mass is 394 g/mol. The van der Waals surface area contributed by atoms with E-state index in [0.717, 1.165) is 12.3 Å². The molecule has 27 heavy (non-hydrogen) atoms. The summed E-state index contributed by atoms with van der Waals surface area (Å²) in [7, 11) is -2.77. The lowest BCUT2D eigenvalue weighted by molar-refractivity contribution is -0.116. The number of amides is 1. The summed E-state index contributed by atoms with van der Waals surface area (Å²) in [6, 6.07) is 10.1. The first kappa shape index (κ1) is 20.4. The third kappa shape index (κ3) is 4.62. The maximum Gasteiger partial charge on any atom is 0.339 e. The van der Waals surface area contributed by atoms with Crippen molar-refractivity contribution in [2.75, 3.05) is 23.0 Å². The van der Waals surface area contributed by atoms with Crippen LogP contribution in [0.3, 0.4) is 0 Å². The third-order valence-corrected chi connectivity index (χ3v) is 5.00. The Morgan fingerprint density at radius 2 is 1.70 bits per heavy atom. The van der Waals surface area contributed by atoms with Crippen molar-refractivity contribution in [2.45, 2.75) is 13.0 Å². The predicted molar refractivity (Wildman–Crippen MR) is 99.6 cm³/mol. The van der Waals surface area contributed by atoms with E-state index in [2.05, 4.69) is 10.1 Å². The molecule has 1 amide bonds. The first-order valence-electron chi connectivity index (χ1n) is 7.89. The summed E-state index contributed by atoms with van der Waals surface area (Å²) in [5, 5.41) is 2.50. The molecular formula is C18H19FN2O5S. The normalized spacial score (nSPS) is 12.1. The van der Waals surface area contributed by atoms with Gasteiger partial charge in [0.05, 0.1) is 30.3 Å². The van der Waals surface area contributed by atoms with Crippen molar-refractivity contribution < 1.29 is 27.1 Å². The van der Waals surface area contributed by atoms with Gasteiger partial charge in [0.25, 0.3) is 0 Å². The van der Waals surface area contributed by atoms with Crippen molar-refractivity contribution >= 4 is 33.3 Å². The Hall–Kier alpha value is -2.94. The number of nitrogens with one attached hydrogen (secondary N) is 1. The zero-order valence-electron chi connectivity index (χ0n) is 15.0. The van der Waals surface area contributed by atoms with E-state index in [4.69, 9.17) is 0 Å². The second-order valence-corrected chi connectivity index (χ2v) is 7.57. The SMILES string of the molecule is COC(=O)c1ccccc1NC(=O)C(C)N(c1ccccc1F)S(C)(=O)=O. The summed E-state index contributed by atoms with van der Waals surface area (Å²) in [4.78, 5) is 24.5. The van der Waals surface area contributed by atoms with Crippen LogP contribution in [0.2, 0.25) is 0 Å². The maximum absolute atomic E-state index is 14.1. The predicted octanol–water partition coefficient (Wildman–Crippen LogP) is 2.41. The Morgan fingerprint density at radius 1 is 1.11 bits per heavy atom. The summed E-state index contributed by atoms with van der Waals surface area (Å²) in [5.41, 5.74) is 0.0180. The second-order valence-electron chi connectivity index (χ2n) is 5.71. The van der Waals surface area contributed by atoms with Gasteiger partial charge in [-0.1, -0.05) is 24.3 Å². The number of hydrogen-bond acceptors (Lipinski definition) is 5. The number of carbonyl (C=O) groups excluding carboxylic acids is 2. The number of benzene rings is 2. The van der Waals surface area contributed by atoms with Crippen LogP contribution >= 0.6 is 0 Å². The number of para-hydroxylation sites is 2. The van der Waals surface area contributed by atoms with Gasteiger partial charge >= 0.3 is 5.97 Å². The zero-order chi connectivity index (χ0) is 20.2. The molecule has 0 aliphatic rings. The van der Waals surface area contributed by atoms with Gasteiger partial charge < -0.3 is 10.1 Å². The van der Waals surface area contributed by atoms with Crippen LogP contribution in [0.5, 0.6) is 0 Å². The highest BCUT2D eigenvalue weighted by atomic mass is 32.2. The summed E-state index contributed by atoms with van der Waals surface area (Å²) < 4.78 is 43.9. The number of hydrogen-bond donors (Lipinski definition) is 1. The summed E-state index contributed by atoms with van der Waals surface area (Å²) in [6.45, 7) is 1.32. The maximum atomic E-state index is 14.1. The lowest BCUT2D eigenvalue weighted by Crippen LogP contribution is -2.45. The number of esters is 1. The van der Waals surface area contributed by atoms with E-state index < -0.39 is 33.8 Å². The quantitative estimate of drug-likeness (QED) is 0.760. The molecule has 144 valence electrons. The number of anilines is 2. The number of sulfonamides is 1. The fourth-order valence-corrected chi connectivity index (χ4v) is 3.70. The molecule has 0 bridgehead atoms. The first-order chi connectivity index (χ1) is 12.7. The molecule has 2 aromatic rings. The van der Waals surface area contributed by atoms with E-state index in [9.17, 15) is 22.4 Å². The molecule has 2 rings (SSSR count). The van der Waals surface area contributed by atoms with E-state index in [1.165, 1.54) is 44.4 Å². The molecule has 1 unspecified atom stereocenters. The van der Waals surface area contributed by atoms with Crippen LogP contribution in [0.25, 0.3) is 0 Å². The number of methoxy groups -OCH3 is 1. The number of nitrogens with zero attached hydrogens (tertiary/aromatic N) is 1. The molecule has 2 aromatic carbocycles. The third-order valence-electron chi connectivity index (χ3n) is 3.77. The second kappa shape index (κ2) is 8.17. The molecular weight excluding hydrogens is 375 g/mol. The minimum atomic E-state index is -3.97. The highest BCUT2D eigenvalue weighted by molar-refractivity contribution is 7.92. The van der Waals surface area contributed by atoms with Crippen molar-refractivity contribution in [3.63, 3.8) is 0 Å². The molecule has 0 aliphatic carbocycles. The van der Waals surface area contributed by atoms with Crippen LogP contribution in [-0.4, -0.2) is 39.7 Å². The van der Waals surface area contributed by atoms with Crippen LogP contribution in [0.1, 0.15) is 17.3 Å². The number of halogens is 1. The largest absolute Gasteiger partial charge is 0.465 e. The average molecular weight is 394 g/mol. The van der Waals surface area contributed by atoms with Crippen LogP contribution in [0, 0.1) is 5.82 Å². The molecule has 7 nitrogen and oxygen atoms in total. The summed E-state index contributed by atoms with van der Waals surface area (Å²) >= 11 is 0. The summed E-state index contributed by atoms with van der Waals surface area (Å²) in [6.07, 6.45) is 0.881. The summed E-state index contributed by atoms with van der Waals surface area (Å²) in [5.74, 6) is -2.18. The van der Waals surface area contributed by atoms with Crippen LogP contribution in [-0.2, 0) is 19.6 Å².